The molecule has 3 fully saturated rings. The zero-order valence-electron chi connectivity index (χ0n) is 21.8. The first-order valence-corrected chi connectivity index (χ1v) is 13.0. The van der Waals surface area contributed by atoms with Crippen LogP contribution in [-0.4, -0.2) is 63.1 Å². The first kappa shape index (κ1) is 27.0. The van der Waals surface area contributed by atoms with Crippen molar-refractivity contribution in [2.45, 2.75) is 102 Å². The molecule has 0 unspecified atom stereocenters. The van der Waals surface area contributed by atoms with Gasteiger partial charge in [0.25, 0.3) is 0 Å². The van der Waals surface area contributed by atoms with Gasteiger partial charge in [-0.3, -0.25) is 14.4 Å². The number of carboxylic acids is 1. The maximum atomic E-state index is 13.3. The molecule has 0 spiro atoms. The molecule has 3 aliphatic carbocycles. The third-order valence-electron chi connectivity index (χ3n) is 9.42. The number of carboxylic acid groups (broad SMARTS) is 1. The van der Waals surface area contributed by atoms with E-state index in [0.717, 1.165) is 31.3 Å². The van der Waals surface area contributed by atoms with Crippen LogP contribution < -0.4 is 0 Å². The van der Waals surface area contributed by atoms with Gasteiger partial charge in [-0.25, -0.2) is 0 Å². The zero-order valence-corrected chi connectivity index (χ0v) is 21.8. The number of rotatable bonds is 8. The van der Waals surface area contributed by atoms with Gasteiger partial charge in [0, 0.05) is 5.57 Å². The van der Waals surface area contributed by atoms with E-state index in [9.17, 15) is 24.6 Å². The molecule has 2 saturated carbocycles. The average molecular weight is 505 g/mol. The number of ketones is 1. The van der Waals surface area contributed by atoms with E-state index in [1.54, 1.807) is 0 Å². The van der Waals surface area contributed by atoms with Gasteiger partial charge in [-0.1, -0.05) is 39.3 Å². The van der Waals surface area contributed by atoms with Gasteiger partial charge in [0.05, 0.1) is 18.4 Å². The van der Waals surface area contributed by atoms with Crippen molar-refractivity contribution < 1.29 is 39.2 Å². The summed E-state index contributed by atoms with van der Waals surface area (Å²) in [5.41, 5.74) is -1.16. The topological polar surface area (TPSA) is 134 Å². The number of ether oxygens (including phenoxy) is 2. The van der Waals surface area contributed by atoms with Crippen LogP contribution in [-0.2, 0) is 23.9 Å². The number of allylic oxidation sites excluding steroid dienone is 1. The van der Waals surface area contributed by atoms with Crippen molar-refractivity contribution in [2.24, 2.45) is 22.7 Å². The number of aliphatic hydroxyl groups is 2. The highest BCUT2D eigenvalue weighted by Crippen LogP contribution is 2.64. The molecule has 1 aliphatic heterocycles. The van der Waals surface area contributed by atoms with Crippen molar-refractivity contribution in [3.05, 3.63) is 23.8 Å². The van der Waals surface area contributed by atoms with Gasteiger partial charge in [0.15, 0.2) is 11.4 Å². The molecule has 7 atom stereocenters. The van der Waals surface area contributed by atoms with Crippen LogP contribution in [0.15, 0.2) is 23.8 Å². The van der Waals surface area contributed by atoms with Crippen LogP contribution >= 0.6 is 0 Å². The summed E-state index contributed by atoms with van der Waals surface area (Å²) < 4.78 is 11.1. The molecule has 0 bridgehead atoms. The lowest BCUT2D eigenvalue weighted by Gasteiger charge is -2.58. The van der Waals surface area contributed by atoms with Crippen molar-refractivity contribution in [1.82, 2.24) is 0 Å². The number of aliphatic carboxylic acids is 1. The molecule has 1 heterocycles. The summed E-state index contributed by atoms with van der Waals surface area (Å²) in [6.07, 6.45) is 4.42. The highest BCUT2D eigenvalue weighted by atomic mass is 16.6. The van der Waals surface area contributed by atoms with Crippen molar-refractivity contribution in [1.29, 1.82) is 0 Å². The van der Waals surface area contributed by atoms with Gasteiger partial charge in [-0.2, -0.15) is 0 Å². The van der Waals surface area contributed by atoms with E-state index in [1.165, 1.54) is 19.4 Å². The number of carbonyl (C=O) groups is 3. The van der Waals surface area contributed by atoms with Crippen LogP contribution in [0, 0.1) is 22.7 Å². The van der Waals surface area contributed by atoms with E-state index in [0.29, 0.717) is 12.3 Å². The number of aliphatic hydroxyl groups excluding tert-OH is 1. The average Bonchev–Trinajstić information content (AvgIpc) is 3.47. The second kappa shape index (κ2) is 9.07. The highest BCUT2D eigenvalue weighted by molar-refractivity contribution is 6.02. The summed E-state index contributed by atoms with van der Waals surface area (Å²) in [7, 11) is 0. The lowest BCUT2D eigenvalue weighted by Crippen LogP contribution is -2.51. The van der Waals surface area contributed by atoms with Crippen LogP contribution in [0.1, 0.15) is 79.1 Å². The molecule has 36 heavy (non-hydrogen) atoms. The number of fused-ring (bicyclic) bond motifs is 2. The molecule has 0 aromatic heterocycles. The van der Waals surface area contributed by atoms with Crippen LogP contribution in [0.3, 0.4) is 0 Å². The van der Waals surface area contributed by atoms with Crippen molar-refractivity contribution >= 4 is 17.7 Å². The van der Waals surface area contributed by atoms with Gasteiger partial charge in [0.2, 0.25) is 0 Å². The Morgan fingerprint density at radius 2 is 1.94 bits per heavy atom. The standard InChI is InChI=1S/C28H40O8/c1-16-7-8-19-25(2,3)9-6-10-27(19,5)18(16)12-28-20(29)11-17(23(33)24(28)36-28)15-35-22(32)14-26(4,34)13-21(30)31/h11,18-19,23-24,33-34H,1,6-10,12-15H2,2-5H3,(H,30,31)/t18-,19-,23+,24-,26+,27+,28+/m0/s1. The van der Waals surface area contributed by atoms with Crippen LogP contribution in [0.5, 0.6) is 0 Å². The Hall–Kier alpha value is -2.03. The molecule has 0 amide bonds. The maximum Gasteiger partial charge on any atom is 0.309 e. The summed E-state index contributed by atoms with van der Waals surface area (Å²) in [5, 5.41) is 29.8. The molecule has 3 N–H and O–H groups in total. The quantitative estimate of drug-likeness (QED) is 0.260. The molecule has 0 aromatic rings. The molecule has 0 radical (unpaired) electrons. The fourth-order valence-corrected chi connectivity index (χ4v) is 7.54. The third-order valence-corrected chi connectivity index (χ3v) is 9.42. The van der Waals surface area contributed by atoms with Crippen molar-refractivity contribution in [3.8, 4) is 0 Å². The monoisotopic (exact) mass is 504 g/mol. The van der Waals surface area contributed by atoms with Gasteiger partial charge in [0.1, 0.15) is 18.8 Å². The molecule has 8 heteroatoms. The van der Waals surface area contributed by atoms with E-state index in [2.05, 4.69) is 27.4 Å². The summed E-state index contributed by atoms with van der Waals surface area (Å²) in [4.78, 5) is 36.3. The number of hydrogen-bond acceptors (Lipinski definition) is 7. The SMILES string of the molecule is C=C1CC[C@H]2C(C)(C)CCC[C@]2(C)[C@H]1C[C@]12O[C@H]1[C@H](O)C(COC(=O)C[C@](C)(O)CC(=O)O)=CC2=O. The fourth-order valence-electron chi connectivity index (χ4n) is 7.54. The van der Waals surface area contributed by atoms with E-state index < -0.39 is 48.2 Å². The van der Waals surface area contributed by atoms with E-state index in [4.69, 9.17) is 14.6 Å². The first-order valence-electron chi connectivity index (χ1n) is 13.0. The van der Waals surface area contributed by atoms with Gasteiger partial charge in [-0.05, 0) is 67.8 Å². The summed E-state index contributed by atoms with van der Waals surface area (Å²) in [6.45, 7) is 12.3. The molecule has 0 aromatic carbocycles. The second-order valence-corrected chi connectivity index (χ2v) is 12.7. The Morgan fingerprint density at radius 3 is 2.61 bits per heavy atom. The van der Waals surface area contributed by atoms with Crippen molar-refractivity contribution in [2.75, 3.05) is 6.61 Å². The Labute approximate surface area is 212 Å². The van der Waals surface area contributed by atoms with Crippen molar-refractivity contribution in [3.63, 3.8) is 0 Å². The van der Waals surface area contributed by atoms with Gasteiger partial charge < -0.3 is 24.8 Å². The third kappa shape index (κ3) is 4.79. The normalized spacial score (nSPS) is 38.8. The van der Waals surface area contributed by atoms with E-state index >= 15 is 0 Å². The minimum atomic E-state index is -1.75. The number of epoxide rings is 1. The van der Waals surface area contributed by atoms with Crippen LogP contribution in [0.25, 0.3) is 0 Å². The first-order chi connectivity index (χ1) is 16.6. The van der Waals surface area contributed by atoms with Crippen LogP contribution in [0.4, 0.5) is 0 Å². The Morgan fingerprint density at radius 1 is 1.25 bits per heavy atom. The van der Waals surface area contributed by atoms with Gasteiger partial charge in [-0.15, -0.1) is 0 Å². The molecular formula is C28H40O8. The highest BCUT2D eigenvalue weighted by Gasteiger charge is 2.69. The number of esters is 1. The maximum absolute atomic E-state index is 13.3. The fraction of sp³-hybridized carbons (Fsp3) is 0.750. The summed E-state index contributed by atoms with van der Waals surface area (Å²) in [5.74, 6) is -1.61. The molecule has 4 aliphatic rings. The van der Waals surface area contributed by atoms with E-state index in [-0.39, 0.29) is 34.7 Å². The van der Waals surface area contributed by atoms with E-state index in [1.807, 2.05) is 0 Å². The summed E-state index contributed by atoms with van der Waals surface area (Å²) >= 11 is 0. The number of carbonyl (C=O) groups excluding carboxylic acids is 2. The lowest BCUT2D eigenvalue weighted by molar-refractivity contribution is -0.151. The largest absolute Gasteiger partial charge is 0.481 e. The summed E-state index contributed by atoms with van der Waals surface area (Å²) in [6, 6.07) is 0. The predicted molar refractivity (Wildman–Crippen MR) is 131 cm³/mol. The van der Waals surface area contributed by atoms with Crippen LogP contribution in [0.2, 0.25) is 0 Å². The molecule has 8 nitrogen and oxygen atoms in total. The Bertz CT molecular complexity index is 994. The Kier molecular flexibility index (Phi) is 6.80. The Balaban J connectivity index is 1.44. The molecule has 1 saturated heterocycles. The molecule has 4 rings (SSSR count). The lowest BCUT2D eigenvalue weighted by atomic mass is 9.46. The molecule has 200 valence electrons. The zero-order chi connectivity index (χ0) is 26.7. The minimum Gasteiger partial charge on any atom is -0.481 e. The second-order valence-electron chi connectivity index (χ2n) is 12.7. The molecular weight excluding hydrogens is 464 g/mol. The minimum absolute atomic E-state index is 0.0278. The predicted octanol–water partition coefficient (Wildman–Crippen LogP) is 3.34. The smallest absolute Gasteiger partial charge is 0.309 e. The number of hydrogen-bond donors (Lipinski definition) is 3. The van der Waals surface area contributed by atoms with Gasteiger partial charge >= 0.3 is 11.9 Å².